The molecule has 5 nitrogen and oxygen atoms in total. The lowest BCUT2D eigenvalue weighted by atomic mass is 10.0. The number of hydrogen-bond acceptors (Lipinski definition) is 3. The van der Waals surface area contributed by atoms with Crippen LogP contribution in [0.3, 0.4) is 0 Å². The molecule has 1 aliphatic heterocycles. The minimum atomic E-state index is 0. The first kappa shape index (κ1) is 23.9. The third-order valence-corrected chi connectivity index (χ3v) is 6.09. The highest BCUT2D eigenvalue weighted by molar-refractivity contribution is 14.0. The van der Waals surface area contributed by atoms with E-state index in [0.29, 0.717) is 31.0 Å². The number of aliphatic imine (C=N–C) groups is 1. The van der Waals surface area contributed by atoms with Gasteiger partial charge in [0.05, 0.1) is 13.2 Å². The van der Waals surface area contributed by atoms with Crippen LogP contribution in [0.1, 0.15) is 41.0 Å². The maximum atomic E-state index is 6.17. The molecule has 2 aromatic rings. The second kappa shape index (κ2) is 11.2. The van der Waals surface area contributed by atoms with Crippen LogP contribution in [0.5, 0.6) is 5.75 Å². The lowest BCUT2D eigenvalue weighted by Gasteiger charge is -2.17. The first-order valence-electron chi connectivity index (χ1n) is 11.0. The monoisotopic (exact) mass is 535 g/mol. The number of hydrogen-bond donors (Lipinski definition) is 2. The summed E-state index contributed by atoms with van der Waals surface area (Å²) in [6, 6.07) is 15.5. The smallest absolute Gasteiger partial charge is 0.191 e. The fourth-order valence-electron chi connectivity index (χ4n) is 4.11. The van der Waals surface area contributed by atoms with Crippen molar-refractivity contribution in [3.05, 3.63) is 64.7 Å². The van der Waals surface area contributed by atoms with Gasteiger partial charge in [-0.3, -0.25) is 4.99 Å². The van der Waals surface area contributed by atoms with Gasteiger partial charge in [0.2, 0.25) is 0 Å². The fraction of sp³-hybridized carbons (Fsp3) is 0.480. The molecule has 1 aliphatic carbocycles. The second-order valence-electron chi connectivity index (χ2n) is 8.53. The molecule has 2 N–H and O–H groups in total. The van der Waals surface area contributed by atoms with Crippen LogP contribution in [0.15, 0.2) is 47.5 Å². The van der Waals surface area contributed by atoms with Gasteiger partial charge >= 0.3 is 0 Å². The van der Waals surface area contributed by atoms with Crippen molar-refractivity contribution in [2.24, 2.45) is 10.9 Å². The lowest BCUT2D eigenvalue weighted by Crippen LogP contribution is -2.38. The SMILES string of the molecule is CN=C(NCc1ccc(C)cc1OCC1CCOC1)NC1CC1c1ccccc1C.I. The van der Waals surface area contributed by atoms with Crippen molar-refractivity contribution in [2.45, 2.75) is 45.2 Å². The molecule has 3 atom stereocenters. The molecule has 4 rings (SSSR count). The number of ether oxygens (including phenoxy) is 2. The van der Waals surface area contributed by atoms with Gasteiger partial charge in [-0.1, -0.05) is 36.4 Å². The quantitative estimate of drug-likeness (QED) is 0.310. The molecular formula is C25H34IN3O2. The average Bonchev–Trinajstić information content (AvgIpc) is 3.30. The van der Waals surface area contributed by atoms with Crippen LogP contribution in [0.2, 0.25) is 0 Å². The number of aryl methyl sites for hydroxylation is 2. The molecule has 0 amide bonds. The zero-order chi connectivity index (χ0) is 20.9. The molecule has 0 spiro atoms. The van der Waals surface area contributed by atoms with Crippen molar-refractivity contribution in [1.82, 2.24) is 10.6 Å². The van der Waals surface area contributed by atoms with Crippen LogP contribution < -0.4 is 15.4 Å². The van der Waals surface area contributed by atoms with Gasteiger partial charge in [0.1, 0.15) is 5.75 Å². The van der Waals surface area contributed by atoms with Gasteiger partial charge < -0.3 is 20.1 Å². The number of rotatable bonds is 7. The molecule has 1 saturated heterocycles. The minimum absolute atomic E-state index is 0. The van der Waals surface area contributed by atoms with Gasteiger partial charge in [-0.2, -0.15) is 0 Å². The summed E-state index contributed by atoms with van der Waals surface area (Å²) in [5.74, 6) is 2.85. The second-order valence-corrected chi connectivity index (χ2v) is 8.53. The van der Waals surface area contributed by atoms with Crippen molar-refractivity contribution in [3.63, 3.8) is 0 Å². The van der Waals surface area contributed by atoms with Gasteiger partial charge in [0, 0.05) is 43.6 Å². The van der Waals surface area contributed by atoms with Gasteiger partial charge in [-0.05, 0) is 49.4 Å². The number of nitrogens with zero attached hydrogens (tertiary/aromatic N) is 1. The number of benzene rings is 2. The van der Waals surface area contributed by atoms with E-state index in [2.05, 4.69) is 71.9 Å². The van der Waals surface area contributed by atoms with Crippen LogP contribution in [0.25, 0.3) is 0 Å². The molecule has 31 heavy (non-hydrogen) atoms. The molecule has 2 fully saturated rings. The summed E-state index contributed by atoms with van der Waals surface area (Å²) < 4.78 is 11.6. The summed E-state index contributed by atoms with van der Waals surface area (Å²) in [6.07, 6.45) is 2.23. The third-order valence-electron chi connectivity index (χ3n) is 6.09. The van der Waals surface area contributed by atoms with Crippen LogP contribution >= 0.6 is 24.0 Å². The summed E-state index contributed by atoms with van der Waals surface area (Å²) in [5.41, 5.74) is 5.16. The Morgan fingerprint density at radius 1 is 1.19 bits per heavy atom. The van der Waals surface area contributed by atoms with Crippen LogP contribution in [-0.4, -0.2) is 38.9 Å². The normalized spacial score (nSPS) is 22.5. The Kier molecular flexibility index (Phi) is 8.60. The predicted molar refractivity (Wildman–Crippen MR) is 137 cm³/mol. The summed E-state index contributed by atoms with van der Waals surface area (Å²) >= 11 is 0. The van der Waals surface area contributed by atoms with Gasteiger partial charge in [0.15, 0.2) is 5.96 Å². The summed E-state index contributed by atoms with van der Waals surface area (Å²) in [7, 11) is 1.83. The molecule has 1 saturated carbocycles. The van der Waals surface area contributed by atoms with E-state index in [1.54, 1.807) is 0 Å². The molecule has 3 unspecified atom stereocenters. The number of halogens is 1. The largest absolute Gasteiger partial charge is 0.493 e. The van der Waals surface area contributed by atoms with E-state index in [0.717, 1.165) is 43.3 Å². The number of nitrogens with one attached hydrogen (secondary N) is 2. The third kappa shape index (κ3) is 6.35. The molecule has 6 heteroatoms. The Morgan fingerprint density at radius 2 is 2.03 bits per heavy atom. The van der Waals surface area contributed by atoms with Gasteiger partial charge in [0.25, 0.3) is 0 Å². The molecule has 2 aromatic carbocycles. The first-order valence-corrected chi connectivity index (χ1v) is 11.0. The minimum Gasteiger partial charge on any atom is -0.493 e. The van der Waals surface area contributed by atoms with Crippen molar-refractivity contribution < 1.29 is 9.47 Å². The van der Waals surface area contributed by atoms with E-state index < -0.39 is 0 Å². The summed E-state index contributed by atoms with van der Waals surface area (Å²) in [5, 5.41) is 7.04. The Labute approximate surface area is 203 Å². The topological polar surface area (TPSA) is 54.9 Å². The standard InChI is InChI=1S/C25H33N3O2.HI/c1-17-8-9-20(24(12-17)30-16-19-10-11-29-15-19)14-27-25(26-3)28-23-13-22(23)21-7-5-4-6-18(21)2;/h4-9,12,19,22-23H,10-11,13-16H2,1-3H3,(H2,26,27,28);1H. The van der Waals surface area contributed by atoms with Crippen molar-refractivity contribution in [1.29, 1.82) is 0 Å². The lowest BCUT2D eigenvalue weighted by molar-refractivity contribution is 0.166. The highest BCUT2D eigenvalue weighted by Crippen LogP contribution is 2.42. The van der Waals surface area contributed by atoms with Gasteiger partial charge in [-0.15, -0.1) is 24.0 Å². The highest BCUT2D eigenvalue weighted by Gasteiger charge is 2.39. The summed E-state index contributed by atoms with van der Waals surface area (Å²) in [6.45, 7) is 7.33. The molecule has 1 heterocycles. The Balaban J connectivity index is 0.00000272. The Morgan fingerprint density at radius 3 is 2.77 bits per heavy atom. The first-order chi connectivity index (χ1) is 14.6. The van der Waals surface area contributed by atoms with Gasteiger partial charge in [-0.25, -0.2) is 0 Å². The van der Waals surface area contributed by atoms with E-state index in [1.807, 2.05) is 7.05 Å². The molecular weight excluding hydrogens is 501 g/mol. The number of guanidine groups is 1. The molecule has 0 radical (unpaired) electrons. The van der Waals surface area contributed by atoms with Crippen LogP contribution in [0, 0.1) is 19.8 Å². The van der Waals surface area contributed by atoms with E-state index in [9.17, 15) is 0 Å². The molecule has 168 valence electrons. The van der Waals surface area contributed by atoms with Crippen molar-refractivity contribution in [3.8, 4) is 5.75 Å². The van der Waals surface area contributed by atoms with E-state index in [-0.39, 0.29) is 24.0 Å². The zero-order valence-corrected chi connectivity index (χ0v) is 21.0. The molecule has 0 bridgehead atoms. The Hall–Kier alpha value is -1.80. The van der Waals surface area contributed by atoms with Crippen LogP contribution in [-0.2, 0) is 11.3 Å². The maximum Gasteiger partial charge on any atom is 0.191 e. The van der Waals surface area contributed by atoms with E-state index in [4.69, 9.17) is 9.47 Å². The van der Waals surface area contributed by atoms with Crippen molar-refractivity contribution in [2.75, 3.05) is 26.9 Å². The average molecular weight is 535 g/mol. The van der Waals surface area contributed by atoms with Crippen LogP contribution in [0.4, 0.5) is 0 Å². The van der Waals surface area contributed by atoms with E-state index in [1.165, 1.54) is 16.7 Å². The van der Waals surface area contributed by atoms with E-state index >= 15 is 0 Å². The van der Waals surface area contributed by atoms with Crippen molar-refractivity contribution >= 4 is 29.9 Å². The highest BCUT2D eigenvalue weighted by atomic mass is 127. The fourth-order valence-corrected chi connectivity index (χ4v) is 4.11. The maximum absolute atomic E-state index is 6.17. The molecule has 0 aromatic heterocycles. The zero-order valence-electron chi connectivity index (χ0n) is 18.7. The summed E-state index contributed by atoms with van der Waals surface area (Å²) in [4.78, 5) is 4.43. The molecule has 2 aliphatic rings. The Bertz CT molecular complexity index is 896. The predicted octanol–water partition coefficient (Wildman–Crippen LogP) is 4.56.